The summed E-state index contributed by atoms with van der Waals surface area (Å²) in [6.07, 6.45) is 7.59. The van der Waals surface area contributed by atoms with Gasteiger partial charge in [0.1, 0.15) is 0 Å². The standard InChI is InChI=1S/C24H24N4O3/c1-14-19(18-6-5-10-25-13-18)7-8-20-22(14)23(24(30)26-31)16(3)28(20)15(2)17-9-11-27(4)21(29)12-17/h5-12,15,25H,13H2,1-4H3. The molecule has 1 aliphatic heterocycles. The molecule has 3 aromatic rings. The highest BCUT2D eigenvalue weighted by Gasteiger charge is 2.26. The SMILES string of the molecule is Cc1c(C2=CC=CNC2)ccc2c1c(C(=O)N=O)c(C)n2C(C)c1ccn(C)c(=O)c1. The maximum absolute atomic E-state index is 12.6. The lowest BCUT2D eigenvalue weighted by molar-refractivity contribution is 0.100. The number of rotatable bonds is 4. The van der Waals surface area contributed by atoms with Gasteiger partial charge in [-0.25, -0.2) is 0 Å². The van der Waals surface area contributed by atoms with Crippen LogP contribution >= 0.6 is 0 Å². The van der Waals surface area contributed by atoms with Crippen molar-refractivity contribution in [2.45, 2.75) is 26.8 Å². The van der Waals surface area contributed by atoms with E-state index in [2.05, 4.69) is 10.5 Å². The van der Waals surface area contributed by atoms with Gasteiger partial charge in [0.15, 0.2) is 0 Å². The van der Waals surface area contributed by atoms with Gasteiger partial charge in [0.05, 0.1) is 11.6 Å². The highest BCUT2D eigenvalue weighted by atomic mass is 16.3. The summed E-state index contributed by atoms with van der Waals surface area (Å²) < 4.78 is 3.52. The first kappa shape index (κ1) is 20.5. The van der Waals surface area contributed by atoms with Crippen LogP contribution in [0.25, 0.3) is 16.5 Å². The number of nitrogens with one attached hydrogen (secondary N) is 1. The van der Waals surface area contributed by atoms with E-state index in [1.54, 1.807) is 19.3 Å². The van der Waals surface area contributed by atoms with E-state index >= 15 is 0 Å². The molecule has 0 saturated carbocycles. The Labute approximate surface area is 179 Å². The van der Waals surface area contributed by atoms with E-state index in [0.717, 1.165) is 33.2 Å². The van der Waals surface area contributed by atoms with Crippen LogP contribution in [0.15, 0.2) is 58.8 Å². The maximum Gasteiger partial charge on any atom is 0.319 e. The second-order valence-corrected chi connectivity index (χ2v) is 7.88. The molecule has 3 heterocycles. The molecule has 2 aromatic heterocycles. The Balaban J connectivity index is 2.00. The Morgan fingerprint density at radius 3 is 2.65 bits per heavy atom. The minimum atomic E-state index is -0.784. The summed E-state index contributed by atoms with van der Waals surface area (Å²) in [5, 5.41) is 6.66. The summed E-state index contributed by atoms with van der Waals surface area (Å²) >= 11 is 0. The van der Waals surface area contributed by atoms with Crippen LogP contribution < -0.4 is 10.9 Å². The van der Waals surface area contributed by atoms with E-state index in [-0.39, 0.29) is 11.6 Å². The van der Waals surface area contributed by atoms with Gasteiger partial charge >= 0.3 is 5.91 Å². The van der Waals surface area contributed by atoms with E-state index in [1.165, 1.54) is 4.57 Å². The monoisotopic (exact) mass is 416 g/mol. The highest BCUT2D eigenvalue weighted by Crippen LogP contribution is 2.37. The van der Waals surface area contributed by atoms with E-state index < -0.39 is 5.91 Å². The van der Waals surface area contributed by atoms with Crippen molar-refractivity contribution in [2.75, 3.05) is 6.54 Å². The molecule has 1 unspecified atom stereocenters. The largest absolute Gasteiger partial charge is 0.387 e. The van der Waals surface area contributed by atoms with Crippen LogP contribution in [0.2, 0.25) is 0 Å². The van der Waals surface area contributed by atoms with Gasteiger partial charge < -0.3 is 14.5 Å². The van der Waals surface area contributed by atoms with Gasteiger partial charge in [0.2, 0.25) is 0 Å². The number of aromatic nitrogens is 2. The van der Waals surface area contributed by atoms with Crippen LogP contribution in [-0.2, 0) is 7.05 Å². The minimum absolute atomic E-state index is 0.104. The molecule has 1 aliphatic rings. The Kier molecular flexibility index (Phi) is 5.19. The van der Waals surface area contributed by atoms with Gasteiger partial charge in [-0.1, -0.05) is 12.1 Å². The molecule has 7 heteroatoms. The van der Waals surface area contributed by atoms with Crippen LogP contribution in [0, 0.1) is 18.8 Å². The molecule has 0 bridgehead atoms. The maximum atomic E-state index is 12.6. The number of nitroso groups, excluding NO2 is 1. The number of allylic oxidation sites excluding steroid dienone is 2. The van der Waals surface area contributed by atoms with Crippen LogP contribution in [0.3, 0.4) is 0 Å². The van der Waals surface area contributed by atoms with Crippen molar-refractivity contribution in [1.82, 2.24) is 14.5 Å². The zero-order valence-electron chi connectivity index (χ0n) is 18.0. The van der Waals surface area contributed by atoms with Gasteiger partial charge in [0, 0.05) is 47.6 Å². The quantitative estimate of drug-likeness (QED) is 0.652. The van der Waals surface area contributed by atoms with Crippen molar-refractivity contribution in [3.63, 3.8) is 0 Å². The smallest absolute Gasteiger partial charge is 0.319 e. The molecule has 31 heavy (non-hydrogen) atoms. The van der Waals surface area contributed by atoms with Gasteiger partial charge in [-0.05, 0) is 67.4 Å². The second kappa shape index (κ2) is 7.83. The lowest BCUT2D eigenvalue weighted by atomic mass is 9.94. The molecule has 1 aromatic carbocycles. The van der Waals surface area contributed by atoms with Crippen molar-refractivity contribution in [2.24, 2.45) is 12.2 Å². The van der Waals surface area contributed by atoms with Crippen molar-refractivity contribution in [1.29, 1.82) is 0 Å². The van der Waals surface area contributed by atoms with Crippen molar-refractivity contribution < 1.29 is 4.79 Å². The first-order valence-corrected chi connectivity index (χ1v) is 10.1. The third-order valence-corrected chi connectivity index (χ3v) is 6.12. The van der Waals surface area contributed by atoms with Crippen LogP contribution in [0.1, 0.15) is 45.7 Å². The van der Waals surface area contributed by atoms with E-state index in [1.807, 2.05) is 61.9 Å². The zero-order valence-corrected chi connectivity index (χ0v) is 18.0. The summed E-state index contributed by atoms with van der Waals surface area (Å²) in [5.74, 6) is -0.784. The number of carbonyl (C=O) groups excluding carboxylic acids is 1. The summed E-state index contributed by atoms with van der Waals surface area (Å²) in [7, 11) is 1.70. The molecule has 0 saturated heterocycles. The first-order chi connectivity index (χ1) is 14.8. The number of nitrogens with zero attached hydrogens (tertiary/aromatic N) is 3. The van der Waals surface area contributed by atoms with Gasteiger partial charge in [-0.2, -0.15) is 0 Å². The average molecular weight is 416 g/mol. The lowest BCUT2D eigenvalue weighted by Crippen LogP contribution is -2.18. The van der Waals surface area contributed by atoms with E-state index in [9.17, 15) is 14.5 Å². The molecule has 0 radical (unpaired) electrons. The number of hydrogen-bond acceptors (Lipinski definition) is 4. The fraction of sp³-hybridized carbons (Fsp3) is 0.250. The molecular formula is C24H24N4O3. The number of fused-ring (bicyclic) bond motifs is 1. The van der Waals surface area contributed by atoms with E-state index in [4.69, 9.17) is 0 Å². The number of aryl methyl sites for hydroxylation is 2. The zero-order chi connectivity index (χ0) is 22.3. The van der Waals surface area contributed by atoms with Crippen molar-refractivity contribution in [3.05, 3.63) is 92.0 Å². The second-order valence-electron chi connectivity index (χ2n) is 7.88. The molecule has 0 spiro atoms. The minimum Gasteiger partial charge on any atom is -0.387 e. The topological polar surface area (TPSA) is 85.5 Å². The van der Waals surface area contributed by atoms with Gasteiger partial charge in [-0.15, -0.1) is 4.91 Å². The van der Waals surface area contributed by atoms with Crippen LogP contribution in [0.4, 0.5) is 0 Å². The molecule has 1 N–H and O–H groups in total. The Bertz CT molecular complexity index is 1340. The van der Waals surface area contributed by atoms with Crippen LogP contribution in [-0.4, -0.2) is 21.6 Å². The summed E-state index contributed by atoms with van der Waals surface area (Å²) in [6, 6.07) is 7.29. The molecule has 7 nitrogen and oxygen atoms in total. The van der Waals surface area contributed by atoms with E-state index in [0.29, 0.717) is 17.8 Å². The fourth-order valence-corrected chi connectivity index (χ4v) is 4.47. The fourth-order valence-electron chi connectivity index (χ4n) is 4.47. The molecular weight excluding hydrogens is 392 g/mol. The summed E-state index contributed by atoms with van der Waals surface area (Å²) in [4.78, 5) is 36.0. The number of benzene rings is 1. The lowest BCUT2D eigenvalue weighted by Gasteiger charge is -2.19. The Hall–Kier alpha value is -3.74. The first-order valence-electron chi connectivity index (χ1n) is 10.1. The number of dihydropyridines is 1. The van der Waals surface area contributed by atoms with Gasteiger partial charge in [-0.3, -0.25) is 9.59 Å². The molecule has 0 fully saturated rings. The molecule has 0 aliphatic carbocycles. The van der Waals surface area contributed by atoms with Crippen LogP contribution in [0.5, 0.6) is 0 Å². The predicted octanol–water partition coefficient (Wildman–Crippen LogP) is 3.97. The third-order valence-electron chi connectivity index (χ3n) is 6.12. The van der Waals surface area contributed by atoms with Crippen molar-refractivity contribution in [3.8, 4) is 0 Å². The highest BCUT2D eigenvalue weighted by molar-refractivity contribution is 6.11. The summed E-state index contributed by atoms with van der Waals surface area (Å²) in [5.41, 5.74) is 5.57. The number of carbonyl (C=O) groups is 1. The average Bonchev–Trinajstić information content (AvgIpc) is 3.08. The number of pyridine rings is 1. The van der Waals surface area contributed by atoms with Crippen molar-refractivity contribution >= 4 is 22.4 Å². The molecule has 158 valence electrons. The number of hydrogen-bond donors (Lipinski definition) is 1. The third kappa shape index (κ3) is 3.32. The van der Waals surface area contributed by atoms with Gasteiger partial charge in [0.25, 0.3) is 5.56 Å². The summed E-state index contributed by atoms with van der Waals surface area (Å²) in [6.45, 7) is 6.44. The molecule has 1 atom stereocenters. The number of amides is 1. The molecule has 1 amide bonds. The predicted molar refractivity (Wildman–Crippen MR) is 122 cm³/mol. The molecule has 4 rings (SSSR count). The Morgan fingerprint density at radius 2 is 2.00 bits per heavy atom. The normalized spacial score (nSPS) is 14.3. The Morgan fingerprint density at radius 1 is 1.23 bits per heavy atom.